The van der Waals surface area contributed by atoms with Gasteiger partial charge in [0.1, 0.15) is 13.2 Å². The molecule has 0 radical (unpaired) electrons. The summed E-state index contributed by atoms with van der Waals surface area (Å²) in [6.07, 6.45) is 2.31. The first-order valence-electron chi connectivity index (χ1n) is 6.52. The summed E-state index contributed by atoms with van der Waals surface area (Å²) < 4.78 is 10.2. The molecule has 0 atom stereocenters. The summed E-state index contributed by atoms with van der Waals surface area (Å²) in [6, 6.07) is 4.07. The Bertz CT molecular complexity index is 457. The van der Waals surface area contributed by atoms with Gasteiger partial charge >= 0.3 is 11.9 Å². The minimum absolute atomic E-state index is 0.227. The maximum atomic E-state index is 11.0. The number of carbonyl (C=O) groups is 2. The van der Waals surface area contributed by atoms with Crippen molar-refractivity contribution < 1.29 is 19.1 Å². The lowest BCUT2D eigenvalue weighted by atomic mass is 10.5. The molecule has 1 heterocycles. The number of carbonyl (C=O) groups excluding carboxylic acids is 2. The van der Waals surface area contributed by atoms with Crippen molar-refractivity contribution in [3.63, 3.8) is 0 Å². The molecule has 7 heteroatoms. The van der Waals surface area contributed by atoms with Crippen molar-refractivity contribution >= 4 is 46.8 Å². The number of esters is 2. The predicted octanol–water partition coefficient (Wildman–Crippen LogP) is 3.67. The summed E-state index contributed by atoms with van der Waals surface area (Å²) >= 11 is 5.07. The van der Waals surface area contributed by atoms with Gasteiger partial charge in [0.15, 0.2) is 0 Å². The molecule has 0 aliphatic heterocycles. The molecular formula is C15H18O4S3. The number of hydrogen-bond donors (Lipinski definition) is 0. The average molecular weight is 359 g/mol. The second-order valence-corrected chi connectivity index (χ2v) is 7.54. The average Bonchev–Trinajstić information content (AvgIpc) is 3.06. The molecule has 0 aromatic carbocycles. The van der Waals surface area contributed by atoms with Gasteiger partial charge in [-0.3, -0.25) is 0 Å². The van der Waals surface area contributed by atoms with E-state index in [-0.39, 0.29) is 4.58 Å². The van der Waals surface area contributed by atoms with Crippen molar-refractivity contribution in [2.45, 2.75) is 4.58 Å². The normalized spacial score (nSPS) is 10.2. The standard InChI is InChI=1S/C15H18O4S3/c1-3-13(16)18-7-10-21-15(12-6-5-9-20-12)22-11-8-19-14(17)4-2/h3-6,9,15H,1-2,7-8,10-11H2. The van der Waals surface area contributed by atoms with Gasteiger partial charge in [-0.2, -0.15) is 0 Å². The van der Waals surface area contributed by atoms with E-state index in [0.717, 1.165) is 12.2 Å². The minimum atomic E-state index is -0.405. The zero-order chi connectivity index (χ0) is 16.2. The van der Waals surface area contributed by atoms with Crippen molar-refractivity contribution in [2.24, 2.45) is 0 Å². The van der Waals surface area contributed by atoms with Gasteiger partial charge < -0.3 is 9.47 Å². The molecule has 0 aliphatic carbocycles. The van der Waals surface area contributed by atoms with Gasteiger partial charge in [-0.05, 0) is 11.4 Å². The summed E-state index contributed by atoms with van der Waals surface area (Å²) in [7, 11) is 0. The molecule has 1 aromatic rings. The highest BCUT2D eigenvalue weighted by Crippen LogP contribution is 2.41. The third kappa shape index (κ3) is 7.72. The monoisotopic (exact) mass is 358 g/mol. The lowest BCUT2D eigenvalue weighted by Crippen LogP contribution is -2.06. The summed E-state index contributed by atoms with van der Waals surface area (Å²) in [6.45, 7) is 7.41. The highest BCUT2D eigenvalue weighted by molar-refractivity contribution is 8.16. The first-order valence-corrected chi connectivity index (χ1v) is 9.50. The molecule has 4 nitrogen and oxygen atoms in total. The Balaban J connectivity index is 2.34. The van der Waals surface area contributed by atoms with Crippen LogP contribution in [0.25, 0.3) is 0 Å². The highest BCUT2D eigenvalue weighted by Gasteiger charge is 2.14. The molecule has 1 aromatic heterocycles. The molecule has 0 aliphatic rings. The Kier molecular flexibility index (Phi) is 9.77. The van der Waals surface area contributed by atoms with E-state index in [0.29, 0.717) is 24.7 Å². The largest absolute Gasteiger partial charge is 0.462 e. The van der Waals surface area contributed by atoms with Gasteiger partial charge in [-0.1, -0.05) is 19.2 Å². The summed E-state index contributed by atoms with van der Waals surface area (Å²) in [5.41, 5.74) is 0. The minimum Gasteiger partial charge on any atom is -0.462 e. The molecule has 1 rings (SSSR count). The molecule has 22 heavy (non-hydrogen) atoms. The predicted molar refractivity (Wildman–Crippen MR) is 94.3 cm³/mol. The van der Waals surface area contributed by atoms with Crippen LogP contribution < -0.4 is 0 Å². The fraction of sp³-hybridized carbons (Fsp3) is 0.333. The van der Waals surface area contributed by atoms with E-state index in [1.54, 1.807) is 34.9 Å². The van der Waals surface area contributed by atoms with Crippen LogP contribution >= 0.6 is 34.9 Å². The van der Waals surface area contributed by atoms with Crippen LogP contribution in [0.2, 0.25) is 0 Å². The Hall–Kier alpha value is -1.18. The van der Waals surface area contributed by atoms with Gasteiger partial charge in [0, 0.05) is 28.5 Å². The maximum Gasteiger partial charge on any atom is 0.330 e. The van der Waals surface area contributed by atoms with Crippen molar-refractivity contribution in [2.75, 3.05) is 24.7 Å². The fourth-order valence-corrected chi connectivity index (χ4v) is 4.91. The summed E-state index contributed by atoms with van der Waals surface area (Å²) in [5, 5.41) is 2.03. The Morgan fingerprint density at radius 2 is 1.68 bits per heavy atom. The van der Waals surface area contributed by atoms with Crippen LogP contribution in [-0.2, 0) is 19.1 Å². The van der Waals surface area contributed by atoms with Crippen molar-refractivity contribution in [3.05, 3.63) is 47.7 Å². The quantitative estimate of drug-likeness (QED) is 0.260. The van der Waals surface area contributed by atoms with Gasteiger partial charge in [0.25, 0.3) is 0 Å². The van der Waals surface area contributed by atoms with Crippen LogP contribution in [0.5, 0.6) is 0 Å². The van der Waals surface area contributed by atoms with Crippen LogP contribution in [0, 0.1) is 0 Å². The second kappa shape index (κ2) is 11.4. The van der Waals surface area contributed by atoms with Crippen LogP contribution in [0.4, 0.5) is 0 Å². The molecule has 0 N–H and O–H groups in total. The highest BCUT2D eigenvalue weighted by atomic mass is 32.2. The van der Waals surface area contributed by atoms with E-state index in [2.05, 4.69) is 19.2 Å². The molecule has 0 amide bonds. The van der Waals surface area contributed by atoms with E-state index in [4.69, 9.17) is 9.47 Å². The lowest BCUT2D eigenvalue weighted by molar-refractivity contribution is -0.138. The summed E-state index contributed by atoms with van der Waals surface area (Å²) in [5.74, 6) is 0.581. The third-order valence-corrected chi connectivity index (χ3v) is 6.27. The van der Waals surface area contributed by atoms with Crippen molar-refractivity contribution in [1.82, 2.24) is 0 Å². The number of rotatable bonds is 11. The maximum absolute atomic E-state index is 11.0. The Morgan fingerprint density at radius 1 is 1.14 bits per heavy atom. The molecule has 0 bridgehead atoms. The first-order chi connectivity index (χ1) is 10.7. The molecular weight excluding hydrogens is 340 g/mol. The van der Waals surface area contributed by atoms with Gasteiger partial charge in [0.05, 0.1) is 4.58 Å². The topological polar surface area (TPSA) is 52.6 Å². The first kappa shape index (κ1) is 18.9. The molecule has 0 fully saturated rings. The number of thioether (sulfide) groups is 2. The van der Waals surface area contributed by atoms with E-state index < -0.39 is 11.9 Å². The van der Waals surface area contributed by atoms with Crippen molar-refractivity contribution in [3.8, 4) is 0 Å². The number of thiophene rings is 1. The summed E-state index contributed by atoms with van der Waals surface area (Å²) in [4.78, 5) is 23.2. The smallest absolute Gasteiger partial charge is 0.330 e. The molecule has 0 unspecified atom stereocenters. The van der Waals surface area contributed by atoms with E-state index in [1.807, 2.05) is 11.4 Å². The van der Waals surface area contributed by atoms with Gasteiger partial charge in [-0.25, -0.2) is 9.59 Å². The number of hydrogen-bond acceptors (Lipinski definition) is 7. The van der Waals surface area contributed by atoms with Crippen LogP contribution in [0.15, 0.2) is 42.8 Å². The van der Waals surface area contributed by atoms with E-state index >= 15 is 0 Å². The third-order valence-electron chi connectivity index (χ3n) is 2.30. The molecule has 0 saturated heterocycles. The Labute approximate surface area is 143 Å². The van der Waals surface area contributed by atoms with E-state index in [9.17, 15) is 9.59 Å². The van der Waals surface area contributed by atoms with Crippen LogP contribution in [0.1, 0.15) is 9.46 Å². The SMILES string of the molecule is C=CC(=O)OCCSC(SCCOC(=O)C=C)c1cccs1. The number of ether oxygens (including phenoxy) is 2. The second-order valence-electron chi connectivity index (χ2n) is 3.83. The van der Waals surface area contributed by atoms with Gasteiger partial charge in [0.2, 0.25) is 0 Å². The van der Waals surface area contributed by atoms with Crippen LogP contribution in [0.3, 0.4) is 0 Å². The van der Waals surface area contributed by atoms with Crippen molar-refractivity contribution in [1.29, 1.82) is 0 Å². The zero-order valence-electron chi connectivity index (χ0n) is 12.1. The fourth-order valence-electron chi connectivity index (χ4n) is 1.35. The molecule has 0 spiro atoms. The van der Waals surface area contributed by atoms with Gasteiger partial charge in [-0.15, -0.1) is 34.9 Å². The molecule has 0 saturated carbocycles. The van der Waals surface area contributed by atoms with E-state index in [1.165, 1.54) is 4.88 Å². The Morgan fingerprint density at radius 3 is 2.09 bits per heavy atom. The van der Waals surface area contributed by atoms with Crippen LogP contribution in [-0.4, -0.2) is 36.7 Å². The lowest BCUT2D eigenvalue weighted by Gasteiger charge is -2.14. The molecule has 120 valence electrons. The zero-order valence-corrected chi connectivity index (χ0v) is 14.5.